The lowest BCUT2D eigenvalue weighted by Crippen LogP contribution is -2.50. The van der Waals surface area contributed by atoms with E-state index in [1.807, 2.05) is 19.0 Å². The molecule has 0 heterocycles. The molecule has 0 aliphatic carbocycles. The van der Waals surface area contributed by atoms with E-state index < -0.39 is 0 Å². The fourth-order valence-corrected chi connectivity index (χ4v) is 4.69. The van der Waals surface area contributed by atoms with Crippen LogP contribution in [0.15, 0.2) is 0 Å². The number of carbonyl (C=O) groups excluding carboxylic acids is 2. The van der Waals surface area contributed by atoms with Crippen molar-refractivity contribution < 1.29 is 14.3 Å². The summed E-state index contributed by atoms with van der Waals surface area (Å²) in [4.78, 5) is 29.9. The Morgan fingerprint density at radius 1 is 0.774 bits per heavy atom. The van der Waals surface area contributed by atoms with Gasteiger partial charge in [-0.2, -0.15) is 0 Å². The first-order valence-electron chi connectivity index (χ1n) is 12.7. The molecule has 0 rings (SSSR count). The molecule has 2 amide bonds. The number of hydrogen-bond donors (Lipinski definition) is 0. The summed E-state index contributed by atoms with van der Waals surface area (Å²) in [7, 11) is 3.81. The number of amides is 2. The van der Waals surface area contributed by atoms with Crippen molar-refractivity contribution in [1.29, 1.82) is 0 Å². The van der Waals surface area contributed by atoms with E-state index in [0.29, 0.717) is 43.8 Å². The number of hydrogen-bond acceptors (Lipinski definition) is 3. The molecule has 0 radical (unpaired) electrons. The Morgan fingerprint density at radius 3 is 1.81 bits per heavy atom. The van der Waals surface area contributed by atoms with E-state index in [0.717, 1.165) is 25.7 Å². The second-order valence-electron chi connectivity index (χ2n) is 9.72. The lowest BCUT2D eigenvalue weighted by molar-refractivity contribution is -0.140. The predicted molar refractivity (Wildman–Crippen MR) is 131 cm³/mol. The van der Waals surface area contributed by atoms with E-state index in [1.54, 1.807) is 4.90 Å². The van der Waals surface area contributed by atoms with Crippen LogP contribution in [-0.4, -0.2) is 61.0 Å². The molecule has 0 fully saturated rings. The van der Waals surface area contributed by atoms with Gasteiger partial charge in [0.05, 0.1) is 13.0 Å². The van der Waals surface area contributed by atoms with E-state index in [-0.39, 0.29) is 29.8 Å². The predicted octanol–water partition coefficient (Wildman–Crippen LogP) is 5.62. The maximum Gasteiger partial charge on any atom is 0.224 e. The highest BCUT2D eigenvalue weighted by atomic mass is 16.5. The smallest absolute Gasteiger partial charge is 0.224 e. The van der Waals surface area contributed by atoms with Gasteiger partial charge in [0.2, 0.25) is 11.8 Å². The van der Waals surface area contributed by atoms with E-state index in [1.165, 1.54) is 0 Å². The lowest BCUT2D eigenvalue weighted by Gasteiger charge is -2.42. The number of rotatable bonds is 16. The monoisotopic (exact) mass is 440 g/mol. The first-order chi connectivity index (χ1) is 14.6. The Morgan fingerprint density at radius 2 is 1.35 bits per heavy atom. The van der Waals surface area contributed by atoms with Crippen LogP contribution >= 0.6 is 0 Å². The molecule has 0 aromatic heterocycles. The van der Waals surface area contributed by atoms with Crippen molar-refractivity contribution in [2.24, 2.45) is 23.7 Å². The highest BCUT2D eigenvalue weighted by Gasteiger charge is 2.35. The van der Waals surface area contributed by atoms with Crippen LogP contribution in [0.4, 0.5) is 0 Å². The minimum atomic E-state index is -0.102. The minimum Gasteiger partial charge on any atom is -0.381 e. The third-order valence-electron chi connectivity index (χ3n) is 7.21. The molecular weight excluding hydrogens is 388 g/mol. The number of ether oxygens (including phenoxy) is 1. The fraction of sp³-hybridized carbons (Fsp3) is 0.923. The molecule has 0 aromatic carbocycles. The summed E-state index contributed by atoms with van der Waals surface area (Å²) in [6.07, 6.45) is 4.94. The molecule has 0 bridgehead atoms. The summed E-state index contributed by atoms with van der Waals surface area (Å²) in [5, 5.41) is 0. The van der Waals surface area contributed by atoms with Crippen LogP contribution in [0.5, 0.6) is 0 Å². The molecule has 31 heavy (non-hydrogen) atoms. The van der Waals surface area contributed by atoms with Gasteiger partial charge in [0.1, 0.15) is 0 Å². The average molecular weight is 441 g/mol. The zero-order valence-electron chi connectivity index (χ0n) is 22.2. The third kappa shape index (κ3) is 9.51. The summed E-state index contributed by atoms with van der Waals surface area (Å²) >= 11 is 0. The van der Waals surface area contributed by atoms with E-state index in [9.17, 15) is 9.59 Å². The molecule has 184 valence electrons. The molecule has 0 aliphatic rings. The minimum absolute atomic E-state index is 0.0507. The standard InChI is InChI=1S/C26H52N2O3/c1-11-16-31-17-15-24(29)27(9)23(19(5)6)18-25(30)28(10)26(21(8)13-3)22(14-4)20(7)12-2/h19-23,26H,11-18H2,1-10H3. The van der Waals surface area contributed by atoms with Crippen LogP contribution in [-0.2, 0) is 14.3 Å². The molecular formula is C26H52N2O3. The van der Waals surface area contributed by atoms with Crippen LogP contribution < -0.4 is 0 Å². The highest BCUT2D eigenvalue weighted by molar-refractivity contribution is 5.80. The first kappa shape index (κ1) is 29.9. The van der Waals surface area contributed by atoms with Crippen LogP contribution in [0.25, 0.3) is 0 Å². The molecule has 5 atom stereocenters. The quantitative estimate of drug-likeness (QED) is 0.293. The van der Waals surface area contributed by atoms with Crippen LogP contribution in [0.1, 0.15) is 93.9 Å². The van der Waals surface area contributed by atoms with Gasteiger partial charge in [-0.05, 0) is 30.1 Å². The summed E-state index contributed by atoms with van der Waals surface area (Å²) in [6, 6.07) is 0.128. The Hall–Kier alpha value is -1.10. The Kier molecular flexibility index (Phi) is 15.1. The molecule has 0 spiro atoms. The van der Waals surface area contributed by atoms with E-state index in [2.05, 4.69) is 55.4 Å². The van der Waals surface area contributed by atoms with Gasteiger partial charge in [0.25, 0.3) is 0 Å². The number of carbonyl (C=O) groups is 2. The molecule has 0 N–H and O–H groups in total. The van der Waals surface area contributed by atoms with Crippen molar-refractivity contribution in [3.63, 3.8) is 0 Å². The van der Waals surface area contributed by atoms with Gasteiger partial charge >= 0.3 is 0 Å². The van der Waals surface area contributed by atoms with Gasteiger partial charge in [0.15, 0.2) is 0 Å². The molecule has 5 nitrogen and oxygen atoms in total. The van der Waals surface area contributed by atoms with E-state index >= 15 is 0 Å². The average Bonchev–Trinajstić information content (AvgIpc) is 2.75. The summed E-state index contributed by atoms with van der Waals surface area (Å²) < 4.78 is 5.48. The summed E-state index contributed by atoms with van der Waals surface area (Å²) in [6.45, 7) is 18.6. The van der Waals surface area contributed by atoms with Crippen molar-refractivity contribution in [3.8, 4) is 0 Å². The van der Waals surface area contributed by atoms with Crippen molar-refractivity contribution in [3.05, 3.63) is 0 Å². The largest absolute Gasteiger partial charge is 0.381 e. The molecule has 0 saturated heterocycles. The lowest BCUT2D eigenvalue weighted by atomic mass is 9.77. The molecule has 5 unspecified atom stereocenters. The van der Waals surface area contributed by atoms with E-state index in [4.69, 9.17) is 4.74 Å². The van der Waals surface area contributed by atoms with Crippen LogP contribution in [0.2, 0.25) is 0 Å². The summed E-state index contributed by atoms with van der Waals surface area (Å²) in [5.41, 5.74) is 0. The fourth-order valence-electron chi connectivity index (χ4n) is 4.69. The van der Waals surface area contributed by atoms with Crippen molar-refractivity contribution in [2.75, 3.05) is 27.3 Å². The molecule has 5 heteroatoms. The maximum absolute atomic E-state index is 13.4. The van der Waals surface area contributed by atoms with Crippen molar-refractivity contribution in [2.45, 2.75) is 106 Å². The SMILES string of the molecule is CCCOCCC(=O)N(C)C(CC(=O)N(C)C(C(C)CC)C(CC)C(C)CC)C(C)C. The first-order valence-corrected chi connectivity index (χ1v) is 12.7. The zero-order valence-corrected chi connectivity index (χ0v) is 22.2. The Bertz CT molecular complexity index is 509. The summed E-state index contributed by atoms with van der Waals surface area (Å²) in [5.74, 6) is 1.92. The van der Waals surface area contributed by atoms with Crippen LogP contribution in [0.3, 0.4) is 0 Å². The van der Waals surface area contributed by atoms with Gasteiger partial charge in [-0.15, -0.1) is 0 Å². The second kappa shape index (κ2) is 15.7. The highest BCUT2D eigenvalue weighted by Crippen LogP contribution is 2.32. The normalized spacial score (nSPS) is 16.5. The Labute approximate surface area is 193 Å². The maximum atomic E-state index is 13.4. The van der Waals surface area contributed by atoms with Crippen molar-refractivity contribution >= 4 is 11.8 Å². The number of nitrogens with zero attached hydrogens (tertiary/aromatic N) is 2. The third-order valence-corrected chi connectivity index (χ3v) is 7.21. The zero-order chi connectivity index (χ0) is 24.1. The van der Waals surface area contributed by atoms with Gasteiger partial charge in [-0.1, -0.05) is 74.7 Å². The molecule has 0 saturated carbocycles. The topological polar surface area (TPSA) is 49.9 Å². The Balaban J connectivity index is 5.39. The van der Waals surface area contributed by atoms with Gasteiger partial charge in [0, 0.05) is 39.2 Å². The molecule has 0 aromatic rings. The second-order valence-corrected chi connectivity index (χ2v) is 9.72. The van der Waals surface area contributed by atoms with Gasteiger partial charge < -0.3 is 14.5 Å². The molecule has 0 aliphatic heterocycles. The van der Waals surface area contributed by atoms with Gasteiger partial charge in [-0.25, -0.2) is 0 Å². The van der Waals surface area contributed by atoms with Gasteiger partial charge in [-0.3, -0.25) is 9.59 Å². The van der Waals surface area contributed by atoms with Crippen LogP contribution in [0, 0.1) is 23.7 Å². The van der Waals surface area contributed by atoms with Crippen molar-refractivity contribution in [1.82, 2.24) is 9.80 Å².